The zero-order valence-corrected chi connectivity index (χ0v) is 15.4. The Morgan fingerprint density at radius 1 is 1.04 bits per heavy atom. The van der Waals surface area contributed by atoms with Gasteiger partial charge in [-0.2, -0.15) is 11.3 Å². The van der Waals surface area contributed by atoms with E-state index in [0.717, 1.165) is 48.6 Å². The Bertz CT molecular complexity index is 754. The molecule has 0 radical (unpaired) electrons. The number of nitrogens with zero attached hydrogens (tertiary/aromatic N) is 4. The van der Waals surface area contributed by atoms with E-state index < -0.39 is 0 Å². The van der Waals surface area contributed by atoms with Gasteiger partial charge in [-0.05, 0) is 18.4 Å². The van der Waals surface area contributed by atoms with Gasteiger partial charge in [0.25, 0.3) is 0 Å². The van der Waals surface area contributed by atoms with Crippen LogP contribution in [0.2, 0.25) is 0 Å². The molecule has 4 heterocycles. The molecule has 120 valence electrons. The number of hydrogen-bond donors (Lipinski definition) is 0. The second-order valence-electron chi connectivity index (χ2n) is 5.69. The van der Waals surface area contributed by atoms with Gasteiger partial charge in [0.05, 0.1) is 11.4 Å². The summed E-state index contributed by atoms with van der Waals surface area (Å²) in [7, 11) is 0. The zero-order valence-electron chi connectivity index (χ0n) is 12.9. The Morgan fingerprint density at radius 2 is 1.91 bits per heavy atom. The Kier molecular flexibility index (Phi) is 4.43. The topological polar surface area (TPSA) is 32.3 Å². The Balaban J connectivity index is 1.34. The maximum atomic E-state index is 4.79. The lowest BCUT2D eigenvalue weighted by atomic mass is 10.3. The van der Waals surface area contributed by atoms with Crippen molar-refractivity contribution in [3.63, 3.8) is 0 Å². The van der Waals surface area contributed by atoms with Crippen LogP contribution in [0.4, 0.5) is 5.13 Å². The number of anilines is 1. The predicted octanol–water partition coefficient (Wildman–Crippen LogP) is 3.96. The van der Waals surface area contributed by atoms with Gasteiger partial charge in [-0.25, -0.2) is 9.97 Å². The summed E-state index contributed by atoms with van der Waals surface area (Å²) in [5.41, 5.74) is 3.56. The van der Waals surface area contributed by atoms with Crippen LogP contribution in [0.15, 0.2) is 27.6 Å². The summed E-state index contributed by atoms with van der Waals surface area (Å²) >= 11 is 5.22. The normalized spacial score (nSPS) is 16.1. The van der Waals surface area contributed by atoms with Gasteiger partial charge >= 0.3 is 0 Å². The van der Waals surface area contributed by atoms with Crippen molar-refractivity contribution in [1.82, 2.24) is 14.9 Å². The first-order valence-corrected chi connectivity index (χ1v) is 10.3. The Labute approximate surface area is 148 Å². The minimum atomic E-state index is 0.950. The highest BCUT2D eigenvalue weighted by atomic mass is 32.1. The number of thiazole rings is 2. The Morgan fingerprint density at radius 3 is 2.61 bits per heavy atom. The highest BCUT2D eigenvalue weighted by Crippen LogP contribution is 2.26. The van der Waals surface area contributed by atoms with Crippen LogP contribution in [0.25, 0.3) is 10.6 Å². The molecule has 0 bridgehead atoms. The van der Waals surface area contributed by atoms with Crippen LogP contribution in [-0.2, 0) is 6.54 Å². The smallest absolute Gasteiger partial charge is 0.185 e. The molecule has 3 aromatic rings. The lowest BCUT2D eigenvalue weighted by Gasteiger charge is -2.34. The van der Waals surface area contributed by atoms with Crippen molar-refractivity contribution in [3.8, 4) is 10.6 Å². The maximum absolute atomic E-state index is 4.79. The maximum Gasteiger partial charge on any atom is 0.185 e. The fourth-order valence-corrected chi connectivity index (χ4v) is 5.09. The fourth-order valence-electron chi connectivity index (χ4n) is 2.71. The Hall–Kier alpha value is -1.28. The SMILES string of the molecule is Cc1csc(N2CCN(Cc3csc(-c4ccsc4)n3)CC2)n1. The molecule has 1 fully saturated rings. The van der Waals surface area contributed by atoms with Crippen LogP contribution in [0.5, 0.6) is 0 Å². The molecule has 0 unspecified atom stereocenters. The second kappa shape index (κ2) is 6.68. The zero-order chi connectivity index (χ0) is 15.6. The second-order valence-corrected chi connectivity index (χ2v) is 8.17. The van der Waals surface area contributed by atoms with Crippen molar-refractivity contribution in [2.45, 2.75) is 13.5 Å². The van der Waals surface area contributed by atoms with Crippen molar-refractivity contribution in [1.29, 1.82) is 0 Å². The minimum absolute atomic E-state index is 0.950. The lowest BCUT2D eigenvalue weighted by Crippen LogP contribution is -2.46. The largest absolute Gasteiger partial charge is 0.346 e. The molecule has 4 nitrogen and oxygen atoms in total. The third-order valence-electron chi connectivity index (χ3n) is 3.96. The molecule has 0 saturated carbocycles. The lowest BCUT2D eigenvalue weighted by molar-refractivity contribution is 0.247. The van der Waals surface area contributed by atoms with Crippen LogP contribution < -0.4 is 4.90 Å². The number of thiophene rings is 1. The number of rotatable bonds is 4. The summed E-state index contributed by atoms with van der Waals surface area (Å²) in [5, 5.41) is 10.9. The molecular weight excluding hydrogens is 344 g/mol. The first-order valence-electron chi connectivity index (χ1n) is 7.64. The van der Waals surface area contributed by atoms with Crippen LogP contribution in [-0.4, -0.2) is 41.0 Å². The predicted molar refractivity (Wildman–Crippen MR) is 99.8 cm³/mol. The van der Waals surface area contributed by atoms with Gasteiger partial charge in [-0.15, -0.1) is 22.7 Å². The summed E-state index contributed by atoms with van der Waals surface area (Å²) < 4.78 is 0. The molecule has 3 aromatic heterocycles. The first kappa shape index (κ1) is 15.3. The van der Waals surface area contributed by atoms with E-state index >= 15 is 0 Å². The van der Waals surface area contributed by atoms with Crippen molar-refractivity contribution >= 4 is 39.1 Å². The molecule has 0 aromatic carbocycles. The molecule has 0 N–H and O–H groups in total. The average Bonchev–Trinajstić information content (AvgIpc) is 3.28. The van der Waals surface area contributed by atoms with Crippen LogP contribution in [0.3, 0.4) is 0 Å². The highest BCUT2D eigenvalue weighted by Gasteiger charge is 2.20. The van der Waals surface area contributed by atoms with Gasteiger partial charge in [0.2, 0.25) is 0 Å². The number of hydrogen-bond acceptors (Lipinski definition) is 7. The van der Waals surface area contributed by atoms with Gasteiger partial charge in [-0.1, -0.05) is 0 Å². The highest BCUT2D eigenvalue weighted by molar-refractivity contribution is 7.14. The van der Waals surface area contributed by atoms with E-state index in [-0.39, 0.29) is 0 Å². The molecule has 1 saturated heterocycles. The minimum Gasteiger partial charge on any atom is -0.346 e. The van der Waals surface area contributed by atoms with E-state index in [0.29, 0.717) is 0 Å². The molecule has 23 heavy (non-hydrogen) atoms. The average molecular weight is 363 g/mol. The summed E-state index contributed by atoms with van der Waals surface area (Å²) in [4.78, 5) is 14.3. The van der Waals surface area contributed by atoms with Crippen molar-refractivity contribution in [2.24, 2.45) is 0 Å². The quantitative estimate of drug-likeness (QED) is 0.703. The third-order valence-corrected chi connectivity index (χ3v) is 6.60. The van der Waals surface area contributed by atoms with Crippen LogP contribution >= 0.6 is 34.0 Å². The molecule has 0 spiro atoms. The molecule has 1 aliphatic rings. The molecule has 7 heteroatoms. The summed E-state index contributed by atoms with van der Waals surface area (Å²) in [5.74, 6) is 0. The molecule has 1 aliphatic heterocycles. The molecular formula is C16H18N4S3. The van der Waals surface area contributed by atoms with E-state index in [1.165, 1.54) is 11.3 Å². The molecule has 4 rings (SSSR count). The van der Waals surface area contributed by atoms with Crippen molar-refractivity contribution < 1.29 is 0 Å². The van der Waals surface area contributed by atoms with Gasteiger partial charge in [0.15, 0.2) is 5.13 Å². The third kappa shape index (κ3) is 3.47. The van der Waals surface area contributed by atoms with E-state index in [4.69, 9.17) is 4.98 Å². The molecule has 0 amide bonds. The number of piperazine rings is 1. The first-order chi connectivity index (χ1) is 11.3. The van der Waals surface area contributed by atoms with Crippen LogP contribution in [0, 0.1) is 6.92 Å². The van der Waals surface area contributed by atoms with Gasteiger partial charge in [0, 0.05) is 54.4 Å². The van der Waals surface area contributed by atoms with Gasteiger partial charge < -0.3 is 4.90 Å². The van der Waals surface area contributed by atoms with E-state index in [1.807, 2.05) is 0 Å². The van der Waals surface area contributed by atoms with E-state index in [2.05, 4.69) is 49.3 Å². The van der Waals surface area contributed by atoms with Gasteiger partial charge in [-0.3, -0.25) is 4.90 Å². The number of aryl methyl sites for hydroxylation is 1. The van der Waals surface area contributed by atoms with Crippen molar-refractivity contribution in [2.75, 3.05) is 31.1 Å². The van der Waals surface area contributed by atoms with Gasteiger partial charge in [0.1, 0.15) is 5.01 Å². The van der Waals surface area contributed by atoms with E-state index in [9.17, 15) is 0 Å². The van der Waals surface area contributed by atoms with Crippen molar-refractivity contribution in [3.05, 3.63) is 39.0 Å². The molecule has 0 atom stereocenters. The summed E-state index contributed by atoms with van der Waals surface area (Å²) in [6.07, 6.45) is 0. The summed E-state index contributed by atoms with van der Waals surface area (Å²) in [6.45, 7) is 7.26. The monoisotopic (exact) mass is 362 g/mol. The summed E-state index contributed by atoms with van der Waals surface area (Å²) in [6, 6.07) is 2.14. The van der Waals surface area contributed by atoms with Crippen LogP contribution in [0.1, 0.15) is 11.4 Å². The standard InChI is InChI=1S/C16H18N4S3/c1-12-9-23-16(17-12)20-5-3-19(4-6-20)8-14-11-22-15(18-14)13-2-7-21-10-13/h2,7,9-11H,3-6,8H2,1H3. The number of aromatic nitrogens is 2. The fraction of sp³-hybridized carbons (Fsp3) is 0.375. The van der Waals surface area contributed by atoms with E-state index in [1.54, 1.807) is 34.0 Å². The molecule has 0 aliphatic carbocycles.